The van der Waals surface area contributed by atoms with E-state index in [9.17, 15) is 4.39 Å². The van der Waals surface area contributed by atoms with Gasteiger partial charge >= 0.3 is 0 Å². The van der Waals surface area contributed by atoms with Gasteiger partial charge in [0.15, 0.2) is 0 Å². The Bertz CT molecular complexity index is 726. The van der Waals surface area contributed by atoms with E-state index in [2.05, 4.69) is 5.32 Å². The first-order chi connectivity index (χ1) is 9.63. The van der Waals surface area contributed by atoms with Crippen molar-refractivity contribution >= 4 is 17.1 Å². The van der Waals surface area contributed by atoms with Crippen molar-refractivity contribution in [3.05, 3.63) is 53.3 Å². The van der Waals surface area contributed by atoms with Crippen molar-refractivity contribution < 1.29 is 4.39 Å². The molecule has 0 aliphatic carbocycles. The first-order valence-corrected chi connectivity index (χ1v) is 5.86. The van der Waals surface area contributed by atoms with Crippen molar-refractivity contribution in [1.82, 2.24) is 0 Å². The number of nitrogens with zero attached hydrogens (tertiary/aromatic N) is 2. The minimum Gasteiger partial charge on any atom is -0.398 e. The first kappa shape index (κ1) is 13.4. The topological polar surface area (TPSA) is 85.6 Å². The average Bonchev–Trinajstić information content (AvgIpc) is 2.45. The molecule has 0 bridgehead atoms. The van der Waals surface area contributed by atoms with Crippen LogP contribution in [0.3, 0.4) is 0 Å². The maximum atomic E-state index is 13.8. The monoisotopic (exact) mass is 266 g/mol. The van der Waals surface area contributed by atoms with Gasteiger partial charge in [-0.3, -0.25) is 0 Å². The highest BCUT2D eigenvalue weighted by Crippen LogP contribution is 2.24. The van der Waals surface area contributed by atoms with Crippen molar-refractivity contribution in [3.63, 3.8) is 0 Å². The molecule has 0 aliphatic heterocycles. The van der Waals surface area contributed by atoms with Crippen molar-refractivity contribution in [1.29, 1.82) is 10.5 Å². The predicted molar refractivity (Wildman–Crippen MR) is 74.6 cm³/mol. The Morgan fingerprint density at radius 1 is 1.15 bits per heavy atom. The van der Waals surface area contributed by atoms with Gasteiger partial charge in [0, 0.05) is 11.4 Å². The van der Waals surface area contributed by atoms with Gasteiger partial charge in [0.2, 0.25) is 0 Å². The second-order valence-corrected chi connectivity index (χ2v) is 4.18. The summed E-state index contributed by atoms with van der Waals surface area (Å²) in [5.74, 6) is -0.511. The quantitative estimate of drug-likeness (QED) is 0.836. The number of nitrogens with one attached hydrogen (secondary N) is 1. The Hall–Kier alpha value is -3.05. The van der Waals surface area contributed by atoms with Gasteiger partial charge in [-0.15, -0.1) is 0 Å². The maximum absolute atomic E-state index is 13.8. The molecule has 98 valence electrons. The summed E-state index contributed by atoms with van der Waals surface area (Å²) in [6, 6.07) is 13.1. The SMILES string of the molecule is N#CCc1cc(Nc2ccc(C#N)cc2F)ccc1N. The molecular weight excluding hydrogens is 255 g/mol. The Morgan fingerprint density at radius 2 is 1.95 bits per heavy atom. The third kappa shape index (κ3) is 2.85. The number of rotatable bonds is 3. The van der Waals surface area contributed by atoms with Gasteiger partial charge < -0.3 is 11.1 Å². The summed E-state index contributed by atoms with van der Waals surface area (Å²) in [4.78, 5) is 0. The fourth-order valence-electron chi connectivity index (χ4n) is 1.76. The van der Waals surface area contributed by atoms with Crippen LogP contribution in [0.4, 0.5) is 21.5 Å². The molecule has 0 fully saturated rings. The smallest absolute Gasteiger partial charge is 0.147 e. The van der Waals surface area contributed by atoms with E-state index in [1.165, 1.54) is 12.1 Å². The van der Waals surface area contributed by atoms with Gasteiger partial charge in [-0.1, -0.05) is 0 Å². The molecule has 0 unspecified atom stereocenters. The lowest BCUT2D eigenvalue weighted by Gasteiger charge is -2.10. The van der Waals surface area contributed by atoms with Crippen molar-refractivity contribution in [3.8, 4) is 12.1 Å². The van der Waals surface area contributed by atoms with Crippen LogP contribution in [0.2, 0.25) is 0 Å². The minimum atomic E-state index is -0.511. The van der Waals surface area contributed by atoms with E-state index in [4.69, 9.17) is 16.3 Å². The van der Waals surface area contributed by atoms with Gasteiger partial charge in [0.25, 0.3) is 0 Å². The van der Waals surface area contributed by atoms with Gasteiger partial charge in [-0.2, -0.15) is 10.5 Å². The summed E-state index contributed by atoms with van der Waals surface area (Å²) < 4.78 is 13.8. The standard InChI is InChI=1S/C15H11FN4/c16-13-7-10(9-18)1-4-15(13)20-12-2-3-14(19)11(8-12)5-6-17/h1-4,7-8,20H,5,19H2. The van der Waals surface area contributed by atoms with Crippen LogP contribution in [0.25, 0.3) is 0 Å². The Morgan fingerprint density at radius 3 is 2.60 bits per heavy atom. The molecule has 0 heterocycles. The summed E-state index contributed by atoms with van der Waals surface area (Å²) >= 11 is 0. The van der Waals surface area contributed by atoms with Crippen molar-refractivity contribution in [2.75, 3.05) is 11.1 Å². The molecule has 3 N–H and O–H groups in total. The van der Waals surface area contributed by atoms with Crippen LogP contribution in [0.5, 0.6) is 0 Å². The van der Waals surface area contributed by atoms with E-state index >= 15 is 0 Å². The lowest BCUT2D eigenvalue weighted by Crippen LogP contribution is -1.98. The molecule has 0 aliphatic rings. The number of anilines is 3. The van der Waals surface area contributed by atoms with Crippen molar-refractivity contribution in [2.24, 2.45) is 0 Å². The highest BCUT2D eigenvalue weighted by Gasteiger charge is 2.06. The van der Waals surface area contributed by atoms with Crippen LogP contribution in [0, 0.1) is 28.5 Å². The summed E-state index contributed by atoms with van der Waals surface area (Å²) in [6.45, 7) is 0. The number of nitrogens with two attached hydrogens (primary N) is 1. The van der Waals surface area contributed by atoms with E-state index in [1.807, 2.05) is 12.1 Å². The molecule has 0 saturated heterocycles. The molecule has 4 nitrogen and oxygen atoms in total. The van der Waals surface area contributed by atoms with Gasteiger partial charge in [-0.25, -0.2) is 4.39 Å². The molecule has 2 rings (SSSR count). The molecule has 0 atom stereocenters. The summed E-state index contributed by atoms with van der Waals surface area (Å²) in [6.07, 6.45) is 0.192. The van der Waals surface area contributed by atoms with Crippen LogP contribution >= 0.6 is 0 Å². The first-order valence-electron chi connectivity index (χ1n) is 5.86. The molecule has 0 saturated carbocycles. The van der Waals surface area contributed by atoms with E-state index in [0.717, 1.165) is 6.07 Å². The lowest BCUT2D eigenvalue weighted by atomic mass is 10.1. The molecule has 0 spiro atoms. The number of hydrogen-bond acceptors (Lipinski definition) is 4. The number of halogens is 1. The molecular formula is C15H11FN4. The summed E-state index contributed by atoms with van der Waals surface area (Å²) in [5.41, 5.74) is 8.11. The Balaban J connectivity index is 2.29. The number of nitrogen functional groups attached to an aromatic ring is 1. The van der Waals surface area contributed by atoms with Crippen LogP contribution in [0.1, 0.15) is 11.1 Å². The van der Waals surface area contributed by atoms with Gasteiger partial charge in [0.05, 0.1) is 29.8 Å². The second kappa shape index (κ2) is 5.73. The van der Waals surface area contributed by atoms with Crippen LogP contribution in [0.15, 0.2) is 36.4 Å². The number of benzene rings is 2. The zero-order chi connectivity index (χ0) is 14.5. The molecule has 20 heavy (non-hydrogen) atoms. The molecule has 0 radical (unpaired) electrons. The number of hydrogen-bond donors (Lipinski definition) is 2. The second-order valence-electron chi connectivity index (χ2n) is 4.18. The van der Waals surface area contributed by atoms with Crippen LogP contribution < -0.4 is 11.1 Å². The maximum Gasteiger partial charge on any atom is 0.147 e. The average molecular weight is 266 g/mol. The third-order valence-corrected chi connectivity index (χ3v) is 2.79. The zero-order valence-corrected chi connectivity index (χ0v) is 10.5. The number of nitriles is 2. The highest BCUT2D eigenvalue weighted by atomic mass is 19.1. The largest absolute Gasteiger partial charge is 0.398 e. The highest BCUT2D eigenvalue weighted by molar-refractivity contribution is 5.65. The summed E-state index contributed by atoms with van der Waals surface area (Å²) in [5, 5.41) is 20.3. The molecule has 5 heteroatoms. The Labute approximate surface area is 115 Å². The molecule has 0 aromatic heterocycles. The van der Waals surface area contributed by atoms with E-state index < -0.39 is 5.82 Å². The fourth-order valence-corrected chi connectivity index (χ4v) is 1.76. The van der Waals surface area contributed by atoms with Gasteiger partial charge in [0.1, 0.15) is 5.82 Å². The van der Waals surface area contributed by atoms with Crippen LogP contribution in [-0.4, -0.2) is 0 Å². The Kier molecular flexibility index (Phi) is 3.83. The van der Waals surface area contributed by atoms with E-state index in [-0.39, 0.29) is 17.7 Å². The zero-order valence-electron chi connectivity index (χ0n) is 10.5. The fraction of sp³-hybridized carbons (Fsp3) is 0.0667. The predicted octanol–water partition coefficient (Wildman–Crippen LogP) is 3.09. The van der Waals surface area contributed by atoms with E-state index in [0.29, 0.717) is 16.9 Å². The summed E-state index contributed by atoms with van der Waals surface area (Å²) in [7, 11) is 0. The normalized spacial score (nSPS) is 9.55. The molecule has 2 aromatic carbocycles. The lowest BCUT2D eigenvalue weighted by molar-refractivity contribution is 0.631. The minimum absolute atomic E-state index is 0.192. The third-order valence-electron chi connectivity index (χ3n) is 2.79. The van der Waals surface area contributed by atoms with Crippen LogP contribution in [-0.2, 0) is 6.42 Å². The van der Waals surface area contributed by atoms with E-state index in [1.54, 1.807) is 18.2 Å². The molecule has 2 aromatic rings. The van der Waals surface area contributed by atoms with Crippen molar-refractivity contribution in [2.45, 2.75) is 6.42 Å². The van der Waals surface area contributed by atoms with Gasteiger partial charge in [-0.05, 0) is 42.0 Å². The molecule has 0 amide bonds.